The minimum absolute atomic E-state index is 0.100. The third kappa shape index (κ3) is 4.11. The van der Waals surface area contributed by atoms with E-state index in [1.807, 2.05) is 30.0 Å². The fraction of sp³-hybridized carbons (Fsp3) is 0.500. The van der Waals surface area contributed by atoms with E-state index in [9.17, 15) is 8.42 Å². The zero-order valence-corrected chi connectivity index (χ0v) is 16.3. The number of hydrogen-bond acceptors (Lipinski definition) is 6. The van der Waals surface area contributed by atoms with E-state index in [0.29, 0.717) is 24.1 Å². The summed E-state index contributed by atoms with van der Waals surface area (Å²) in [6.07, 6.45) is 2.74. The number of hydrogen-bond donors (Lipinski definition) is 3. The predicted molar refractivity (Wildman–Crippen MR) is 103 cm³/mol. The molecule has 26 heavy (non-hydrogen) atoms. The third-order valence-corrected chi connectivity index (χ3v) is 5.94. The molecule has 1 aliphatic heterocycles. The van der Waals surface area contributed by atoms with E-state index in [2.05, 4.69) is 19.9 Å². The first kappa shape index (κ1) is 18.9. The Kier molecular flexibility index (Phi) is 5.14. The van der Waals surface area contributed by atoms with E-state index in [4.69, 9.17) is 17.3 Å². The molecule has 2 heterocycles. The van der Waals surface area contributed by atoms with Crippen LogP contribution in [0.4, 0.5) is 11.9 Å². The van der Waals surface area contributed by atoms with Crippen LogP contribution in [0.15, 0.2) is 24.3 Å². The predicted octanol–water partition coefficient (Wildman–Crippen LogP) is 1.72. The van der Waals surface area contributed by atoms with Gasteiger partial charge in [0.15, 0.2) is 0 Å². The molecule has 142 valence electrons. The van der Waals surface area contributed by atoms with Gasteiger partial charge in [0.25, 0.3) is 0 Å². The summed E-state index contributed by atoms with van der Waals surface area (Å²) in [4.78, 5) is 6.20. The van der Waals surface area contributed by atoms with Crippen LogP contribution in [0.1, 0.15) is 25.3 Å². The van der Waals surface area contributed by atoms with Gasteiger partial charge in [-0.3, -0.25) is 0 Å². The summed E-state index contributed by atoms with van der Waals surface area (Å²) < 4.78 is 26.9. The van der Waals surface area contributed by atoms with Gasteiger partial charge in [-0.05, 0) is 43.4 Å². The molecule has 0 amide bonds. The molecule has 1 unspecified atom stereocenters. The van der Waals surface area contributed by atoms with Crippen LogP contribution >= 0.6 is 11.6 Å². The lowest BCUT2D eigenvalue weighted by atomic mass is 9.75. The second-order valence-electron chi connectivity index (χ2n) is 6.87. The van der Waals surface area contributed by atoms with E-state index < -0.39 is 15.6 Å². The van der Waals surface area contributed by atoms with Gasteiger partial charge in [0.2, 0.25) is 21.9 Å². The fourth-order valence-corrected chi connectivity index (χ4v) is 4.88. The molecule has 1 atom stereocenters. The molecular weight excluding hydrogens is 376 g/mol. The Morgan fingerprint density at radius 3 is 2.62 bits per heavy atom. The van der Waals surface area contributed by atoms with Crippen LogP contribution in [0, 0.1) is 5.92 Å². The van der Waals surface area contributed by atoms with Gasteiger partial charge in [0, 0.05) is 18.1 Å². The van der Waals surface area contributed by atoms with Crippen molar-refractivity contribution in [1.29, 1.82) is 0 Å². The number of anilines is 2. The SMILES string of the molecule is CC(NS(C)(=O)=O)(c1cccc(Cl)c1)C1CCN(c2n[nH]c(N)n2)CC1. The van der Waals surface area contributed by atoms with Gasteiger partial charge in [-0.25, -0.2) is 18.2 Å². The topological polar surface area (TPSA) is 117 Å². The highest BCUT2D eigenvalue weighted by molar-refractivity contribution is 7.88. The quantitative estimate of drug-likeness (QED) is 0.705. The Morgan fingerprint density at radius 1 is 1.38 bits per heavy atom. The number of rotatable bonds is 5. The number of nitrogens with zero attached hydrogens (tertiary/aromatic N) is 3. The summed E-state index contributed by atoms with van der Waals surface area (Å²) in [7, 11) is -3.41. The smallest absolute Gasteiger partial charge is 0.246 e. The number of aromatic amines is 1. The highest BCUT2D eigenvalue weighted by Crippen LogP contribution is 2.38. The molecule has 1 saturated heterocycles. The van der Waals surface area contributed by atoms with Crippen molar-refractivity contribution in [2.45, 2.75) is 25.3 Å². The maximum atomic E-state index is 12.0. The number of nitrogens with two attached hydrogens (primary N) is 1. The average Bonchev–Trinajstić information content (AvgIpc) is 3.00. The van der Waals surface area contributed by atoms with Crippen LogP contribution in [0.2, 0.25) is 5.02 Å². The Morgan fingerprint density at radius 2 is 2.08 bits per heavy atom. The van der Waals surface area contributed by atoms with Crippen molar-refractivity contribution in [1.82, 2.24) is 19.9 Å². The van der Waals surface area contributed by atoms with Gasteiger partial charge < -0.3 is 10.6 Å². The standard InChI is InChI=1S/C16H23ClN6O2S/c1-16(22-26(2,24)25,12-4-3-5-13(17)10-12)11-6-8-23(9-7-11)15-19-14(18)20-21-15/h3-5,10-11,22H,6-9H2,1-2H3,(H3,18,19,20,21). The molecule has 0 spiro atoms. The Bertz CT molecular complexity index is 878. The number of benzene rings is 1. The molecule has 10 heteroatoms. The molecule has 0 aliphatic carbocycles. The van der Waals surface area contributed by atoms with Crippen LogP contribution in [0.25, 0.3) is 0 Å². The summed E-state index contributed by atoms with van der Waals surface area (Å²) in [5.74, 6) is 0.953. The monoisotopic (exact) mass is 398 g/mol. The molecular formula is C16H23ClN6O2S. The minimum atomic E-state index is -3.41. The summed E-state index contributed by atoms with van der Waals surface area (Å²) >= 11 is 6.15. The zero-order chi connectivity index (χ0) is 18.9. The number of aromatic nitrogens is 3. The molecule has 1 aliphatic rings. The van der Waals surface area contributed by atoms with Crippen LogP contribution in [-0.4, -0.2) is 42.9 Å². The van der Waals surface area contributed by atoms with Gasteiger partial charge in [0.1, 0.15) is 0 Å². The van der Waals surface area contributed by atoms with Crippen molar-refractivity contribution in [2.24, 2.45) is 5.92 Å². The van der Waals surface area contributed by atoms with Crippen LogP contribution in [0.3, 0.4) is 0 Å². The normalized spacial score (nSPS) is 18.7. The fourth-order valence-electron chi connectivity index (χ4n) is 3.64. The van der Waals surface area contributed by atoms with Gasteiger partial charge in [-0.1, -0.05) is 23.7 Å². The van der Waals surface area contributed by atoms with E-state index >= 15 is 0 Å². The molecule has 1 aromatic carbocycles. The Hall–Kier alpha value is -1.84. The summed E-state index contributed by atoms with van der Waals surface area (Å²) in [5.41, 5.74) is 5.71. The Balaban J connectivity index is 1.84. The number of sulfonamides is 1. The first-order valence-corrected chi connectivity index (χ1v) is 10.6. The van der Waals surface area contributed by atoms with E-state index in [1.54, 1.807) is 6.07 Å². The van der Waals surface area contributed by atoms with Gasteiger partial charge in [-0.15, -0.1) is 5.10 Å². The highest BCUT2D eigenvalue weighted by atomic mass is 35.5. The number of nitrogen functional groups attached to an aromatic ring is 1. The third-order valence-electron chi connectivity index (χ3n) is 4.91. The molecule has 8 nitrogen and oxygen atoms in total. The maximum absolute atomic E-state index is 12.0. The van der Waals surface area contributed by atoms with Crippen molar-refractivity contribution in [3.8, 4) is 0 Å². The van der Waals surface area contributed by atoms with Crippen LogP contribution < -0.4 is 15.4 Å². The van der Waals surface area contributed by atoms with Crippen LogP contribution in [0.5, 0.6) is 0 Å². The molecule has 2 aromatic rings. The molecule has 0 bridgehead atoms. The Labute approximate surface area is 158 Å². The van der Waals surface area contributed by atoms with Crippen molar-refractivity contribution in [3.63, 3.8) is 0 Å². The molecule has 4 N–H and O–H groups in total. The van der Waals surface area contributed by atoms with E-state index in [0.717, 1.165) is 18.4 Å². The molecule has 3 rings (SSSR count). The van der Waals surface area contributed by atoms with Crippen molar-refractivity contribution >= 4 is 33.5 Å². The second kappa shape index (κ2) is 7.05. The summed E-state index contributed by atoms with van der Waals surface area (Å²) in [5, 5.41) is 7.31. The zero-order valence-electron chi connectivity index (χ0n) is 14.7. The molecule has 0 radical (unpaired) electrons. The maximum Gasteiger partial charge on any atom is 0.246 e. The first-order chi connectivity index (χ1) is 12.2. The average molecular weight is 399 g/mol. The van der Waals surface area contributed by atoms with Gasteiger partial charge in [-0.2, -0.15) is 4.98 Å². The second-order valence-corrected chi connectivity index (χ2v) is 9.05. The number of piperidine rings is 1. The highest BCUT2D eigenvalue weighted by Gasteiger charge is 2.40. The lowest BCUT2D eigenvalue weighted by Crippen LogP contribution is -2.52. The van der Waals surface area contributed by atoms with Crippen LogP contribution in [-0.2, 0) is 15.6 Å². The molecule has 0 saturated carbocycles. The molecule has 1 fully saturated rings. The first-order valence-electron chi connectivity index (χ1n) is 8.35. The van der Waals surface area contributed by atoms with Gasteiger partial charge in [0.05, 0.1) is 11.8 Å². The van der Waals surface area contributed by atoms with Crippen molar-refractivity contribution in [3.05, 3.63) is 34.9 Å². The molecule has 1 aromatic heterocycles. The minimum Gasteiger partial charge on any atom is -0.368 e. The largest absolute Gasteiger partial charge is 0.368 e. The number of nitrogens with one attached hydrogen (secondary N) is 2. The van der Waals surface area contributed by atoms with Crippen molar-refractivity contribution in [2.75, 3.05) is 30.0 Å². The summed E-state index contributed by atoms with van der Waals surface area (Å²) in [6.45, 7) is 3.35. The lowest BCUT2D eigenvalue weighted by Gasteiger charge is -2.43. The number of H-pyrrole nitrogens is 1. The van der Waals surface area contributed by atoms with Crippen molar-refractivity contribution < 1.29 is 8.42 Å². The lowest BCUT2D eigenvalue weighted by molar-refractivity contribution is 0.225. The van der Waals surface area contributed by atoms with E-state index in [-0.39, 0.29) is 11.9 Å². The summed E-state index contributed by atoms with van der Waals surface area (Å²) in [6, 6.07) is 7.35. The number of halogens is 1. The van der Waals surface area contributed by atoms with Gasteiger partial charge >= 0.3 is 0 Å². The van der Waals surface area contributed by atoms with E-state index in [1.165, 1.54) is 6.26 Å².